The van der Waals surface area contributed by atoms with Gasteiger partial charge in [-0.15, -0.1) is 0 Å². The molecular weight excluding hydrogens is 270 g/mol. The fraction of sp³-hybridized carbons (Fsp3) is 0.500. The van der Waals surface area contributed by atoms with Crippen molar-refractivity contribution in [3.05, 3.63) is 35.9 Å². The Morgan fingerprint density at radius 1 is 1.14 bits per heavy atom. The number of ether oxygens (including phenoxy) is 1. The maximum Gasteiger partial charge on any atom is 0.507 e. The molecule has 1 saturated heterocycles. The average molecular weight is 289 g/mol. The maximum atomic E-state index is 12.7. The molecule has 5 heteroatoms. The van der Waals surface area contributed by atoms with Crippen molar-refractivity contribution >= 4 is 12.1 Å². The lowest BCUT2D eigenvalue weighted by molar-refractivity contribution is -0.0173. The summed E-state index contributed by atoms with van der Waals surface area (Å²) in [6, 6.07) is 9.11. The second kappa shape index (κ2) is 5.76. The van der Waals surface area contributed by atoms with Gasteiger partial charge in [-0.3, -0.25) is 9.69 Å². The van der Waals surface area contributed by atoms with Crippen LogP contribution in [0.25, 0.3) is 0 Å². The minimum absolute atomic E-state index is 0.107. The zero-order chi connectivity index (χ0) is 14.8. The van der Waals surface area contributed by atoms with Gasteiger partial charge in [-0.2, -0.15) is 0 Å². The molecular formula is C16H19NO4. The largest absolute Gasteiger partial charge is 0.507 e. The molecule has 1 amide bonds. The number of carbonyl (C=O) groups excluding carboxylic acids is 1. The van der Waals surface area contributed by atoms with Gasteiger partial charge in [0.25, 0.3) is 5.91 Å². The van der Waals surface area contributed by atoms with E-state index in [9.17, 15) is 9.59 Å². The van der Waals surface area contributed by atoms with Gasteiger partial charge in [0.1, 0.15) is 0 Å². The first-order valence-electron chi connectivity index (χ1n) is 7.44. The fourth-order valence-corrected chi connectivity index (χ4v) is 3.65. The topological polar surface area (TPSA) is 66.8 Å². The second-order valence-electron chi connectivity index (χ2n) is 5.76. The molecule has 1 aromatic carbocycles. The predicted octanol–water partition coefficient (Wildman–Crippen LogP) is 3.11. The number of amides is 1. The predicted molar refractivity (Wildman–Crippen MR) is 75.9 cm³/mol. The molecule has 1 aliphatic carbocycles. The average Bonchev–Trinajstić information content (AvgIpc) is 2.84. The molecule has 1 aromatic rings. The summed E-state index contributed by atoms with van der Waals surface area (Å²) >= 11 is 0. The van der Waals surface area contributed by atoms with Crippen molar-refractivity contribution in [1.29, 1.82) is 0 Å². The molecule has 1 N–H and O–H groups in total. The van der Waals surface area contributed by atoms with E-state index in [1.807, 2.05) is 18.2 Å². The zero-order valence-corrected chi connectivity index (χ0v) is 11.8. The van der Waals surface area contributed by atoms with E-state index in [4.69, 9.17) is 9.84 Å². The summed E-state index contributed by atoms with van der Waals surface area (Å²) in [6.07, 6.45) is 2.86. The van der Waals surface area contributed by atoms with Crippen LogP contribution in [0.5, 0.6) is 0 Å². The number of hydrogen-bond acceptors (Lipinski definition) is 3. The fourth-order valence-electron chi connectivity index (χ4n) is 3.65. The lowest BCUT2D eigenvalue weighted by Crippen LogP contribution is -2.44. The van der Waals surface area contributed by atoms with E-state index < -0.39 is 12.4 Å². The third-order valence-electron chi connectivity index (χ3n) is 4.53. The highest BCUT2D eigenvalue weighted by Gasteiger charge is 2.46. The molecule has 1 heterocycles. The molecule has 1 aliphatic heterocycles. The minimum Gasteiger partial charge on any atom is -0.450 e. The number of hydrogen-bond donors (Lipinski definition) is 1. The molecule has 3 atom stereocenters. The van der Waals surface area contributed by atoms with Crippen molar-refractivity contribution in [3.63, 3.8) is 0 Å². The van der Waals surface area contributed by atoms with Crippen LogP contribution < -0.4 is 0 Å². The van der Waals surface area contributed by atoms with E-state index in [0.29, 0.717) is 17.9 Å². The van der Waals surface area contributed by atoms with E-state index in [2.05, 4.69) is 0 Å². The maximum absolute atomic E-state index is 12.7. The molecule has 0 bridgehead atoms. The number of fused-ring (bicyclic) bond motifs is 1. The highest BCUT2D eigenvalue weighted by Crippen LogP contribution is 2.40. The van der Waals surface area contributed by atoms with Gasteiger partial charge in [-0.1, -0.05) is 31.0 Å². The van der Waals surface area contributed by atoms with Crippen molar-refractivity contribution in [1.82, 2.24) is 4.90 Å². The van der Waals surface area contributed by atoms with Crippen LogP contribution in [0.15, 0.2) is 30.3 Å². The molecule has 3 rings (SSSR count). The lowest BCUT2D eigenvalue weighted by Gasteiger charge is -2.33. The summed E-state index contributed by atoms with van der Waals surface area (Å²) in [5.41, 5.74) is 0.586. The van der Waals surface area contributed by atoms with E-state index in [1.165, 1.54) is 0 Å². The Labute approximate surface area is 123 Å². The van der Waals surface area contributed by atoms with Gasteiger partial charge in [-0.05, 0) is 30.9 Å². The molecule has 0 aromatic heterocycles. The molecule has 2 fully saturated rings. The third-order valence-corrected chi connectivity index (χ3v) is 4.53. The first-order chi connectivity index (χ1) is 10.2. The van der Waals surface area contributed by atoms with Gasteiger partial charge < -0.3 is 9.84 Å². The molecule has 0 radical (unpaired) electrons. The number of likely N-dealkylation sites (tertiary alicyclic amines) is 1. The highest BCUT2D eigenvalue weighted by atomic mass is 16.7. The standard InChI is InChI=1S/C16H19NO4/c18-15(11-6-2-1-3-7-11)17-13-9-5-4-8-12(13)10-14(17)21-16(19)20/h1-3,6-7,12-14H,4-5,8-10H2,(H,19,20). The van der Waals surface area contributed by atoms with Gasteiger partial charge in [0.15, 0.2) is 6.23 Å². The second-order valence-corrected chi connectivity index (χ2v) is 5.76. The Hall–Kier alpha value is -2.04. The zero-order valence-electron chi connectivity index (χ0n) is 11.8. The Bertz CT molecular complexity index is 530. The number of carbonyl (C=O) groups is 2. The summed E-state index contributed by atoms with van der Waals surface area (Å²) in [5, 5.41) is 8.92. The monoisotopic (exact) mass is 289 g/mol. The van der Waals surface area contributed by atoms with Crippen molar-refractivity contribution < 1.29 is 19.4 Å². The number of rotatable bonds is 2. The molecule has 112 valence electrons. The van der Waals surface area contributed by atoms with Crippen LogP contribution in [0, 0.1) is 5.92 Å². The molecule has 1 saturated carbocycles. The van der Waals surface area contributed by atoms with Gasteiger partial charge in [0, 0.05) is 18.0 Å². The van der Waals surface area contributed by atoms with Crippen molar-refractivity contribution in [3.8, 4) is 0 Å². The quantitative estimate of drug-likeness (QED) is 0.849. The lowest BCUT2D eigenvalue weighted by atomic mass is 9.85. The van der Waals surface area contributed by atoms with E-state index in [0.717, 1.165) is 25.7 Å². The van der Waals surface area contributed by atoms with Crippen molar-refractivity contribution in [2.24, 2.45) is 5.92 Å². The number of carboxylic acid groups (broad SMARTS) is 1. The van der Waals surface area contributed by atoms with E-state index in [1.54, 1.807) is 17.0 Å². The molecule has 3 unspecified atom stereocenters. The first-order valence-corrected chi connectivity index (χ1v) is 7.44. The van der Waals surface area contributed by atoms with Gasteiger partial charge in [0.05, 0.1) is 0 Å². The summed E-state index contributed by atoms with van der Waals surface area (Å²) in [6.45, 7) is 0. The summed E-state index contributed by atoms with van der Waals surface area (Å²) < 4.78 is 4.98. The van der Waals surface area contributed by atoms with E-state index >= 15 is 0 Å². The van der Waals surface area contributed by atoms with Crippen molar-refractivity contribution in [2.45, 2.75) is 44.4 Å². The molecule has 5 nitrogen and oxygen atoms in total. The highest BCUT2D eigenvalue weighted by molar-refractivity contribution is 5.94. The normalized spacial score (nSPS) is 28.0. The third kappa shape index (κ3) is 2.73. The van der Waals surface area contributed by atoms with Gasteiger partial charge in [0.2, 0.25) is 0 Å². The van der Waals surface area contributed by atoms with Crippen molar-refractivity contribution in [2.75, 3.05) is 0 Å². The Balaban J connectivity index is 1.87. The number of benzene rings is 1. The Morgan fingerprint density at radius 2 is 1.86 bits per heavy atom. The summed E-state index contributed by atoms with van der Waals surface area (Å²) in [4.78, 5) is 25.3. The van der Waals surface area contributed by atoms with Crippen LogP contribution in [0.2, 0.25) is 0 Å². The van der Waals surface area contributed by atoms with Gasteiger partial charge in [-0.25, -0.2) is 4.79 Å². The SMILES string of the molecule is O=C(O)OC1CC2CCCCC2N1C(=O)c1ccccc1. The molecule has 21 heavy (non-hydrogen) atoms. The van der Waals surface area contributed by atoms with E-state index in [-0.39, 0.29) is 11.9 Å². The van der Waals surface area contributed by atoms with Crippen LogP contribution in [0.4, 0.5) is 4.79 Å². The van der Waals surface area contributed by atoms with Crippen LogP contribution >= 0.6 is 0 Å². The smallest absolute Gasteiger partial charge is 0.450 e. The Morgan fingerprint density at radius 3 is 2.57 bits per heavy atom. The van der Waals surface area contributed by atoms with Crippen LogP contribution in [-0.2, 0) is 4.74 Å². The van der Waals surface area contributed by atoms with Crippen LogP contribution in [-0.4, -0.2) is 34.3 Å². The minimum atomic E-state index is -1.32. The molecule has 2 aliphatic rings. The first kappa shape index (κ1) is 13.9. The van der Waals surface area contributed by atoms with Gasteiger partial charge >= 0.3 is 6.16 Å². The Kier molecular flexibility index (Phi) is 3.82. The van der Waals surface area contributed by atoms with Crippen LogP contribution in [0.3, 0.4) is 0 Å². The summed E-state index contributed by atoms with van der Waals surface area (Å²) in [5.74, 6) is 0.229. The number of nitrogens with zero attached hydrogens (tertiary/aromatic N) is 1. The summed E-state index contributed by atoms with van der Waals surface area (Å²) in [7, 11) is 0. The molecule has 0 spiro atoms. The van der Waals surface area contributed by atoms with Crippen LogP contribution in [0.1, 0.15) is 42.5 Å².